The van der Waals surface area contributed by atoms with Gasteiger partial charge in [-0.3, -0.25) is 9.59 Å². The van der Waals surface area contributed by atoms with E-state index in [2.05, 4.69) is 10.3 Å². The third-order valence-electron chi connectivity index (χ3n) is 6.27. The van der Waals surface area contributed by atoms with Crippen LogP contribution in [0.25, 0.3) is 10.2 Å². The molecule has 0 radical (unpaired) electrons. The van der Waals surface area contributed by atoms with Crippen LogP contribution in [-0.4, -0.2) is 46.2 Å². The molecule has 4 atom stereocenters. The Morgan fingerprint density at radius 2 is 2.00 bits per heavy atom. The Kier molecular flexibility index (Phi) is 4.05. The molecule has 136 valence electrons. The van der Waals surface area contributed by atoms with Gasteiger partial charge in [0.1, 0.15) is 0 Å². The smallest absolute Gasteiger partial charge is 0.240 e. The normalized spacial score (nSPS) is 30.8. The number of benzene rings is 1. The molecule has 1 aromatic carbocycles. The lowest BCUT2D eigenvalue weighted by molar-refractivity contribution is -0.139. The Hall–Kier alpha value is -1.79. The standard InChI is InChI=1S/C20H23N3O2S/c24-18(19-22-14-7-3-4-8-17(14)26-19)16-9-10-23(16)20(25)15-11-12-5-1-2-6-13(12)21-15/h3-4,7-8,12-13,15-16,21H,1-2,5-6,9-11H2/t12-,13-,15-,16+/m0/s1. The molecule has 3 fully saturated rings. The van der Waals surface area contributed by atoms with Crippen LogP contribution >= 0.6 is 11.3 Å². The molecule has 2 aromatic rings. The predicted molar refractivity (Wildman–Crippen MR) is 101 cm³/mol. The molecule has 5 rings (SSSR count). The van der Waals surface area contributed by atoms with Crippen molar-refractivity contribution in [3.63, 3.8) is 0 Å². The van der Waals surface area contributed by atoms with Crippen molar-refractivity contribution < 1.29 is 9.59 Å². The number of para-hydroxylation sites is 1. The summed E-state index contributed by atoms with van der Waals surface area (Å²) < 4.78 is 1.02. The SMILES string of the molecule is O=C(c1nc2ccccc2s1)[C@H]1CCN1C(=O)[C@@H]1C[C@@H]2CCCC[C@@H]2N1. The van der Waals surface area contributed by atoms with E-state index in [9.17, 15) is 9.59 Å². The molecule has 1 aliphatic carbocycles. The summed E-state index contributed by atoms with van der Waals surface area (Å²) in [6, 6.07) is 7.87. The van der Waals surface area contributed by atoms with Gasteiger partial charge in [-0.15, -0.1) is 11.3 Å². The monoisotopic (exact) mass is 369 g/mol. The lowest BCUT2D eigenvalue weighted by atomic mass is 9.85. The highest BCUT2D eigenvalue weighted by molar-refractivity contribution is 7.20. The van der Waals surface area contributed by atoms with Crippen molar-refractivity contribution in [2.75, 3.05) is 6.54 Å². The van der Waals surface area contributed by atoms with Crippen molar-refractivity contribution in [2.45, 2.75) is 56.7 Å². The highest BCUT2D eigenvalue weighted by atomic mass is 32.1. The highest BCUT2D eigenvalue weighted by Gasteiger charge is 2.45. The van der Waals surface area contributed by atoms with E-state index in [1.807, 2.05) is 24.3 Å². The average molecular weight is 369 g/mol. The van der Waals surface area contributed by atoms with Gasteiger partial charge in [-0.05, 0) is 43.7 Å². The van der Waals surface area contributed by atoms with Gasteiger partial charge in [0.25, 0.3) is 0 Å². The molecule has 0 unspecified atom stereocenters. The number of rotatable bonds is 3. The van der Waals surface area contributed by atoms with Crippen molar-refractivity contribution in [1.29, 1.82) is 0 Å². The summed E-state index contributed by atoms with van der Waals surface area (Å²) in [6.07, 6.45) is 6.64. The molecule has 5 nitrogen and oxygen atoms in total. The summed E-state index contributed by atoms with van der Waals surface area (Å²) in [7, 11) is 0. The number of fused-ring (bicyclic) bond motifs is 2. The molecular formula is C20H23N3O2S. The molecule has 3 aliphatic rings. The van der Waals surface area contributed by atoms with Gasteiger partial charge in [0.05, 0.1) is 22.3 Å². The zero-order valence-corrected chi connectivity index (χ0v) is 15.5. The number of carbonyl (C=O) groups excluding carboxylic acids is 2. The van der Waals surface area contributed by atoms with Crippen molar-refractivity contribution in [3.05, 3.63) is 29.3 Å². The molecule has 2 saturated heterocycles. The number of thiazole rings is 1. The van der Waals surface area contributed by atoms with Crippen molar-refractivity contribution >= 4 is 33.2 Å². The van der Waals surface area contributed by atoms with Gasteiger partial charge in [-0.25, -0.2) is 4.98 Å². The van der Waals surface area contributed by atoms with E-state index in [1.54, 1.807) is 4.90 Å². The minimum atomic E-state index is -0.326. The Morgan fingerprint density at radius 1 is 1.15 bits per heavy atom. The molecule has 1 N–H and O–H groups in total. The molecule has 3 heterocycles. The molecule has 6 heteroatoms. The van der Waals surface area contributed by atoms with E-state index in [0.717, 1.165) is 23.1 Å². The lowest BCUT2D eigenvalue weighted by Crippen LogP contribution is -2.59. The summed E-state index contributed by atoms with van der Waals surface area (Å²) in [5, 5.41) is 4.08. The highest BCUT2D eigenvalue weighted by Crippen LogP contribution is 2.35. The molecule has 26 heavy (non-hydrogen) atoms. The first kappa shape index (κ1) is 16.4. The van der Waals surface area contributed by atoms with Gasteiger partial charge in [-0.2, -0.15) is 0 Å². The van der Waals surface area contributed by atoms with Crippen LogP contribution in [0, 0.1) is 5.92 Å². The molecule has 1 aromatic heterocycles. The van der Waals surface area contributed by atoms with Gasteiger partial charge < -0.3 is 10.2 Å². The molecular weight excluding hydrogens is 346 g/mol. The van der Waals surface area contributed by atoms with Gasteiger partial charge in [-0.1, -0.05) is 25.0 Å². The van der Waals surface area contributed by atoms with Crippen molar-refractivity contribution in [1.82, 2.24) is 15.2 Å². The van der Waals surface area contributed by atoms with Crippen LogP contribution in [0.5, 0.6) is 0 Å². The Bertz CT molecular complexity index is 817. The van der Waals surface area contributed by atoms with Crippen molar-refractivity contribution in [3.8, 4) is 0 Å². The van der Waals surface area contributed by atoms with E-state index in [1.165, 1.54) is 37.0 Å². The number of likely N-dealkylation sites (tertiary alicyclic amines) is 1. The van der Waals surface area contributed by atoms with Crippen LogP contribution in [0.15, 0.2) is 24.3 Å². The number of aromatic nitrogens is 1. The number of nitrogens with zero attached hydrogens (tertiary/aromatic N) is 2. The van der Waals surface area contributed by atoms with Gasteiger partial charge in [0.2, 0.25) is 11.7 Å². The molecule has 1 saturated carbocycles. The average Bonchev–Trinajstić information content (AvgIpc) is 3.24. The third-order valence-corrected chi connectivity index (χ3v) is 7.32. The first-order chi connectivity index (χ1) is 12.7. The zero-order valence-electron chi connectivity index (χ0n) is 14.7. The first-order valence-electron chi connectivity index (χ1n) is 9.67. The van der Waals surface area contributed by atoms with Crippen LogP contribution in [0.4, 0.5) is 0 Å². The Labute approximate surface area is 156 Å². The largest absolute Gasteiger partial charge is 0.331 e. The van der Waals surface area contributed by atoms with E-state index >= 15 is 0 Å². The minimum Gasteiger partial charge on any atom is -0.331 e. The number of amides is 1. The van der Waals surface area contributed by atoms with Crippen LogP contribution in [0.1, 0.15) is 48.3 Å². The van der Waals surface area contributed by atoms with E-state index in [-0.39, 0.29) is 23.8 Å². The Balaban J connectivity index is 1.30. The van der Waals surface area contributed by atoms with Crippen LogP contribution in [-0.2, 0) is 4.79 Å². The second-order valence-corrected chi connectivity index (χ2v) is 8.82. The zero-order chi connectivity index (χ0) is 17.7. The maximum absolute atomic E-state index is 13.0. The fourth-order valence-electron chi connectivity index (χ4n) is 4.75. The van der Waals surface area contributed by atoms with Gasteiger partial charge in [0, 0.05) is 12.6 Å². The number of ketones is 1. The number of nitrogens with one attached hydrogen (secondary N) is 1. The maximum atomic E-state index is 13.0. The van der Waals surface area contributed by atoms with E-state index in [4.69, 9.17) is 0 Å². The summed E-state index contributed by atoms with van der Waals surface area (Å²) in [5.41, 5.74) is 0.861. The topological polar surface area (TPSA) is 62.3 Å². The quantitative estimate of drug-likeness (QED) is 0.845. The maximum Gasteiger partial charge on any atom is 0.240 e. The van der Waals surface area contributed by atoms with Crippen LogP contribution in [0.2, 0.25) is 0 Å². The number of Topliss-reactive ketones (excluding diaryl/α,β-unsaturated/α-hetero) is 1. The second-order valence-electron chi connectivity index (χ2n) is 7.79. The fourth-order valence-corrected chi connectivity index (χ4v) is 5.71. The predicted octanol–water partition coefficient (Wildman–Crippen LogP) is 3.00. The van der Waals surface area contributed by atoms with Crippen molar-refractivity contribution in [2.24, 2.45) is 5.92 Å². The fraction of sp³-hybridized carbons (Fsp3) is 0.550. The first-order valence-corrected chi connectivity index (χ1v) is 10.5. The molecule has 2 aliphatic heterocycles. The number of carbonyl (C=O) groups is 2. The summed E-state index contributed by atoms with van der Waals surface area (Å²) >= 11 is 1.43. The molecule has 0 bridgehead atoms. The van der Waals surface area contributed by atoms with E-state index < -0.39 is 0 Å². The lowest BCUT2D eigenvalue weighted by Gasteiger charge is -2.40. The third kappa shape index (κ3) is 2.67. The molecule has 1 amide bonds. The molecule has 0 spiro atoms. The Morgan fingerprint density at radius 3 is 2.77 bits per heavy atom. The summed E-state index contributed by atoms with van der Waals surface area (Å²) in [5.74, 6) is 0.753. The van der Waals surface area contributed by atoms with Gasteiger partial charge >= 0.3 is 0 Å². The minimum absolute atomic E-state index is 0.00112. The second kappa shape index (κ2) is 6.43. The van der Waals surface area contributed by atoms with Crippen LogP contribution < -0.4 is 5.32 Å². The number of hydrogen-bond donors (Lipinski definition) is 1. The summed E-state index contributed by atoms with van der Waals surface area (Å²) in [6.45, 7) is 0.688. The van der Waals surface area contributed by atoms with Crippen LogP contribution in [0.3, 0.4) is 0 Å². The summed E-state index contributed by atoms with van der Waals surface area (Å²) in [4.78, 5) is 32.2. The number of hydrogen-bond acceptors (Lipinski definition) is 5. The van der Waals surface area contributed by atoms with E-state index in [0.29, 0.717) is 23.5 Å². The van der Waals surface area contributed by atoms with Gasteiger partial charge in [0.15, 0.2) is 5.01 Å².